The van der Waals surface area contributed by atoms with E-state index >= 15 is 0 Å². The van der Waals surface area contributed by atoms with E-state index in [0.717, 1.165) is 6.42 Å². The van der Waals surface area contributed by atoms with Crippen LogP contribution in [0.2, 0.25) is 0 Å². The quantitative estimate of drug-likeness (QED) is 0.933. The molecular weight excluding hydrogens is 266 g/mol. The Labute approximate surface area is 125 Å². The second kappa shape index (κ2) is 6.02. The van der Waals surface area contributed by atoms with Crippen molar-refractivity contribution < 1.29 is 0 Å². The average Bonchev–Trinajstić information content (AvgIpc) is 2.85. The molecule has 0 amide bonds. The molecule has 2 rings (SSSR count). The van der Waals surface area contributed by atoms with Crippen molar-refractivity contribution in [1.29, 1.82) is 0 Å². The number of nitrogens with one attached hydrogen (secondary N) is 1. The number of hydrogen-bond donors (Lipinski definition) is 1. The minimum absolute atomic E-state index is 0.119. The van der Waals surface area contributed by atoms with Gasteiger partial charge in [0.25, 0.3) is 0 Å². The van der Waals surface area contributed by atoms with Crippen LogP contribution < -0.4 is 5.32 Å². The van der Waals surface area contributed by atoms with E-state index in [2.05, 4.69) is 49.4 Å². The topological polar surface area (TPSA) is 37.8 Å². The Morgan fingerprint density at radius 2 is 2.10 bits per heavy atom. The Hall–Kier alpha value is -1.26. The number of likely N-dealkylation sites (N-methyl/N-ethyl adjacent to an activating group) is 1. The van der Waals surface area contributed by atoms with E-state index in [1.165, 1.54) is 21.8 Å². The van der Waals surface area contributed by atoms with Crippen LogP contribution >= 0.6 is 11.3 Å². The summed E-state index contributed by atoms with van der Waals surface area (Å²) in [7, 11) is 2.00. The molecule has 20 heavy (non-hydrogen) atoms. The highest BCUT2D eigenvalue weighted by atomic mass is 32.1. The molecule has 0 aliphatic heterocycles. The molecule has 3 nitrogen and oxygen atoms in total. The van der Waals surface area contributed by atoms with Gasteiger partial charge in [-0.05, 0) is 31.2 Å². The second-order valence-corrected chi connectivity index (χ2v) is 7.10. The predicted molar refractivity (Wildman–Crippen MR) is 85.3 cm³/mol. The van der Waals surface area contributed by atoms with Crippen LogP contribution in [0.1, 0.15) is 48.6 Å². The first-order valence-corrected chi connectivity index (χ1v) is 7.82. The SMILES string of the molecule is CNC(Cc1nc(C(C)(C)C)cs1)c1cnccc1C. The van der Waals surface area contributed by atoms with Gasteiger partial charge in [-0.3, -0.25) is 4.98 Å². The first-order chi connectivity index (χ1) is 9.41. The smallest absolute Gasteiger partial charge is 0.0947 e. The van der Waals surface area contributed by atoms with Crippen LogP contribution in [0.25, 0.3) is 0 Å². The predicted octanol–water partition coefficient (Wildman–Crippen LogP) is 3.65. The Morgan fingerprint density at radius 3 is 2.65 bits per heavy atom. The molecule has 4 heteroatoms. The molecule has 2 aromatic heterocycles. The van der Waals surface area contributed by atoms with Gasteiger partial charge in [0.15, 0.2) is 0 Å². The third-order valence-electron chi connectivity index (χ3n) is 3.50. The fraction of sp³-hybridized carbons (Fsp3) is 0.500. The minimum Gasteiger partial charge on any atom is -0.313 e. The van der Waals surface area contributed by atoms with Crippen LogP contribution in [0.5, 0.6) is 0 Å². The summed E-state index contributed by atoms with van der Waals surface area (Å²) in [5.41, 5.74) is 3.82. The number of nitrogens with zero attached hydrogens (tertiary/aromatic N) is 2. The molecular formula is C16H23N3S. The molecule has 0 saturated heterocycles. The summed E-state index contributed by atoms with van der Waals surface area (Å²) < 4.78 is 0. The molecule has 0 aliphatic rings. The van der Waals surface area contributed by atoms with Gasteiger partial charge < -0.3 is 5.32 Å². The Bertz CT molecular complexity index is 569. The van der Waals surface area contributed by atoms with Crippen LogP contribution in [0.15, 0.2) is 23.8 Å². The number of hydrogen-bond acceptors (Lipinski definition) is 4. The van der Waals surface area contributed by atoms with Crippen LogP contribution in [-0.4, -0.2) is 17.0 Å². The summed E-state index contributed by atoms with van der Waals surface area (Å²) in [5.74, 6) is 0. The lowest BCUT2D eigenvalue weighted by atomic mass is 9.93. The van der Waals surface area contributed by atoms with Crippen molar-refractivity contribution in [3.05, 3.63) is 45.7 Å². The summed E-state index contributed by atoms with van der Waals surface area (Å²) >= 11 is 1.75. The molecule has 1 atom stereocenters. The van der Waals surface area contributed by atoms with Gasteiger partial charge in [-0.1, -0.05) is 20.8 Å². The lowest BCUT2D eigenvalue weighted by molar-refractivity contribution is 0.558. The fourth-order valence-electron chi connectivity index (χ4n) is 2.13. The lowest BCUT2D eigenvalue weighted by Gasteiger charge is -2.17. The van der Waals surface area contributed by atoms with Crippen molar-refractivity contribution >= 4 is 11.3 Å². The molecule has 1 unspecified atom stereocenters. The largest absolute Gasteiger partial charge is 0.313 e. The highest BCUT2D eigenvalue weighted by Crippen LogP contribution is 2.27. The van der Waals surface area contributed by atoms with E-state index in [1.807, 2.05) is 19.4 Å². The van der Waals surface area contributed by atoms with Gasteiger partial charge in [-0.2, -0.15) is 0 Å². The molecule has 0 aromatic carbocycles. The van der Waals surface area contributed by atoms with Crippen molar-refractivity contribution in [2.75, 3.05) is 7.05 Å². The Balaban J connectivity index is 2.19. The van der Waals surface area contributed by atoms with E-state index in [1.54, 1.807) is 11.3 Å². The summed E-state index contributed by atoms with van der Waals surface area (Å²) in [6.45, 7) is 8.73. The van der Waals surface area contributed by atoms with E-state index in [4.69, 9.17) is 4.98 Å². The van der Waals surface area contributed by atoms with Crippen molar-refractivity contribution in [3.8, 4) is 0 Å². The lowest BCUT2D eigenvalue weighted by Crippen LogP contribution is -2.20. The van der Waals surface area contributed by atoms with E-state index in [0.29, 0.717) is 0 Å². The maximum atomic E-state index is 4.78. The maximum Gasteiger partial charge on any atom is 0.0947 e. The fourth-order valence-corrected chi connectivity index (χ4v) is 3.20. The van der Waals surface area contributed by atoms with Crippen LogP contribution in [0.3, 0.4) is 0 Å². The van der Waals surface area contributed by atoms with Crippen molar-refractivity contribution in [3.63, 3.8) is 0 Å². The molecule has 0 fully saturated rings. The summed E-state index contributed by atoms with van der Waals surface area (Å²) in [6, 6.07) is 2.32. The summed E-state index contributed by atoms with van der Waals surface area (Å²) in [4.78, 5) is 9.03. The monoisotopic (exact) mass is 289 g/mol. The van der Waals surface area contributed by atoms with Crippen LogP contribution in [0, 0.1) is 6.92 Å². The van der Waals surface area contributed by atoms with Gasteiger partial charge in [0.05, 0.1) is 10.7 Å². The van der Waals surface area contributed by atoms with Crippen LogP contribution in [-0.2, 0) is 11.8 Å². The Morgan fingerprint density at radius 1 is 1.35 bits per heavy atom. The third kappa shape index (κ3) is 3.44. The number of aryl methyl sites for hydroxylation is 1. The summed E-state index contributed by atoms with van der Waals surface area (Å²) in [6.07, 6.45) is 4.70. The van der Waals surface area contributed by atoms with Gasteiger partial charge in [0.1, 0.15) is 0 Å². The normalized spacial score (nSPS) is 13.4. The van der Waals surface area contributed by atoms with Crippen molar-refractivity contribution in [2.45, 2.75) is 45.6 Å². The number of thiazole rings is 1. The highest BCUT2D eigenvalue weighted by molar-refractivity contribution is 7.09. The standard InChI is InChI=1S/C16H23N3S/c1-11-6-7-18-9-12(11)13(17-5)8-15-19-14(10-20-15)16(2,3)4/h6-7,9-10,13,17H,8H2,1-5H3. The van der Waals surface area contributed by atoms with E-state index < -0.39 is 0 Å². The number of rotatable bonds is 4. The van der Waals surface area contributed by atoms with Crippen LogP contribution in [0.4, 0.5) is 0 Å². The second-order valence-electron chi connectivity index (χ2n) is 6.15. The zero-order chi connectivity index (χ0) is 14.8. The molecule has 0 spiro atoms. The number of aromatic nitrogens is 2. The van der Waals surface area contributed by atoms with Gasteiger partial charge in [0, 0.05) is 35.7 Å². The molecule has 0 aliphatic carbocycles. The van der Waals surface area contributed by atoms with E-state index in [-0.39, 0.29) is 11.5 Å². The third-order valence-corrected chi connectivity index (χ3v) is 4.37. The van der Waals surface area contributed by atoms with E-state index in [9.17, 15) is 0 Å². The number of pyridine rings is 1. The average molecular weight is 289 g/mol. The van der Waals surface area contributed by atoms with Gasteiger partial charge in [0.2, 0.25) is 0 Å². The molecule has 0 saturated carbocycles. The van der Waals surface area contributed by atoms with Gasteiger partial charge in [-0.25, -0.2) is 4.98 Å². The Kier molecular flexibility index (Phi) is 4.55. The highest BCUT2D eigenvalue weighted by Gasteiger charge is 2.19. The maximum absolute atomic E-state index is 4.78. The minimum atomic E-state index is 0.119. The molecule has 2 aromatic rings. The molecule has 2 heterocycles. The molecule has 0 bridgehead atoms. The van der Waals surface area contributed by atoms with Gasteiger partial charge in [-0.15, -0.1) is 11.3 Å². The molecule has 108 valence electrons. The van der Waals surface area contributed by atoms with Crippen molar-refractivity contribution in [1.82, 2.24) is 15.3 Å². The first kappa shape index (κ1) is 15.1. The zero-order valence-electron chi connectivity index (χ0n) is 12.9. The summed E-state index contributed by atoms with van der Waals surface area (Å²) in [5, 5.41) is 6.74. The molecule has 0 radical (unpaired) electrons. The van der Waals surface area contributed by atoms with Crippen molar-refractivity contribution in [2.24, 2.45) is 0 Å². The molecule has 1 N–H and O–H groups in total. The first-order valence-electron chi connectivity index (χ1n) is 6.94. The van der Waals surface area contributed by atoms with Gasteiger partial charge >= 0.3 is 0 Å². The zero-order valence-corrected chi connectivity index (χ0v) is 13.7.